The molecule has 0 saturated carbocycles. The van der Waals surface area contributed by atoms with Gasteiger partial charge in [0.15, 0.2) is 0 Å². The van der Waals surface area contributed by atoms with E-state index in [0.29, 0.717) is 22.7 Å². The number of hydrogen-bond acceptors (Lipinski definition) is 3. The van der Waals surface area contributed by atoms with Crippen molar-refractivity contribution in [1.29, 1.82) is 0 Å². The van der Waals surface area contributed by atoms with Gasteiger partial charge in [0, 0.05) is 30.6 Å². The minimum absolute atomic E-state index is 0.448. The summed E-state index contributed by atoms with van der Waals surface area (Å²) in [6.07, 6.45) is 1.06. The molecule has 100 valence electrons. The summed E-state index contributed by atoms with van der Waals surface area (Å²) in [6, 6.07) is 7.88. The zero-order valence-corrected chi connectivity index (χ0v) is 11.2. The standard InChI is InChI=1S/C13H18F2N2S/c1-2-10-9-17(8-7-16-10)11-5-3-4-6-12(11)18-13(14)15/h3-6,10,13,16H,2,7-9H2,1H3. The maximum Gasteiger partial charge on any atom is 0.288 e. The number of para-hydroxylation sites is 1. The molecule has 0 bridgehead atoms. The Balaban J connectivity index is 2.16. The first-order chi connectivity index (χ1) is 8.70. The molecule has 1 fully saturated rings. The lowest BCUT2D eigenvalue weighted by Crippen LogP contribution is -2.50. The largest absolute Gasteiger partial charge is 0.368 e. The Hall–Kier alpha value is -0.810. The van der Waals surface area contributed by atoms with Crippen LogP contribution in [0, 0.1) is 0 Å². The molecule has 1 heterocycles. The molecule has 18 heavy (non-hydrogen) atoms. The molecule has 2 nitrogen and oxygen atoms in total. The average molecular weight is 272 g/mol. The van der Waals surface area contributed by atoms with E-state index in [9.17, 15) is 8.78 Å². The Morgan fingerprint density at radius 2 is 2.22 bits per heavy atom. The highest BCUT2D eigenvalue weighted by Crippen LogP contribution is 2.34. The summed E-state index contributed by atoms with van der Waals surface area (Å²) in [4.78, 5) is 2.87. The van der Waals surface area contributed by atoms with E-state index in [-0.39, 0.29) is 0 Å². The van der Waals surface area contributed by atoms with E-state index >= 15 is 0 Å². The molecular weight excluding hydrogens is 254 g/mol. The van der Waals surface area contributed by atoms with Crippen LogP contribution in [-0.4, -0.2) is 31.4 Å². The molecule has 1 aromatic rings. The van der Waals surface area contributed by atoms with Crippen molar-refractivity contribution in [2.75, 3.05) is 24.5 Å². The van der Waals surface area contributed by atoms with Gasteiger partial charge in [-0.25, -0.2) is 0 Å². The van der Waals surface area contributed by atoms with Crippen molar-refractivity contribution >= 4 is 17.4 Å². The predicted molar refractivity (Wildman–Crippen MR) is 72.6 cm³/mol. The van der Waals surface area contributed by atoms with Gasteiger partial charge in [-0.2, -0.15) is 8.78 Å². The van der Waals surface area contributed by atoms with Gasteiger partial charge in [-0.05, 0) is 18.6 Å². The monoisotopic (exact) mass is 272 g/mol. The zero-order valence-electron chi connectivity index (χ0n) is 10.4. The van der Waals surface area contributed by atoms with Crippen molar-refractivity contribution in [2.24, 2.45) is 0 Å². The Morgan fingerprint density at radius 1 is 1.44 bits per heavy atom. The van der Waals surface area contributed by atoms with Crippen LogP contribution in [0.15, 0.2) is 29.2 Å². The van der Waals surface area contributed by atoms with E-state index in [0.717, 1.165) is 31.7 Å². The van der Waals surface area contributed by atoms with Crippen molar-refractivity contribution in [1.82, 2.24) is 5.32 Å². The Kier molecular flexibility index (Phi) is 4.83. The summed E-state index contributed by atoms with van der Waals surface area (Å²) in [5.41, 5.74) is 0.933. The van der Waals surface area contributed by atoms with Crippen molar-refractivity contribution < 1.29 is 8.78 Å². The van der Waals surface area contributed by atoms with Crippen molar-refractivity contribution in [2.45, 2.75) is 30.0 Å². The fourth-order valence-electron chi connectivity index (χ4n) is 2.23. The quantitative estimate of drug-likeness (QED) is 0.847. The summed E-state index contributed by atoms with van der Waals surface area (Å²) in [7, 11) is 0. The van der Waals surface area contributed by atoms with Gasteiger partial charge in [0.05, 0.1) is 5.69 Å². The minimum Gasteiger partial charge on any atom is -0.368 e. The molecule has 0 radical (unpaired) electrons. The van der Waals surface area contributed by atoms with Crippen molar-refractivity contribution in [3.8, 4) is 0 Å². The maximum atomic E-state index is 12.5. The molecule has 0 aromatic heterocycles. The van der Waals surface area contributed by atoms with Gasteiger partial charge >= 0.3 is 0 Å². The first-order valence-electron chi connectivity index (χ1n) is 6.23. The van der Waals surface area contributed by atoms with E-state index in [1.165, 1.54) is 0 Å². The molecule has 1 aliphatic heterocycles. The van der Waals surface area contributed by atoms with Crippen LogP contribution in [0.2, 0.25) is 0 Å². The topological polar surface area (TPSA) is 15.3 Å². The third kappa shape index (κ3) is 3.36. The van der Waals surface area contributed by atoms with Crippen LogP contribution in [0.4, 0.5) is 14.5 Å². The number of halogens is 2. The summed E-state index contributed by atoms with van der Waals surface area (Å²) in [5, 5.41) is 3.43. The number of nitrogens with one attached hydrogen (secondary N) is 1. The molecule has 0 amide bonds. The molecule has 1 saturated heterocycles. The molecule has 1 atom stereocenters. The predicted octanol–water partition coefficient (Wildman–Crippen LogP) is 3.19. The SMILES string of the molecule is CCC1CN(c2ccccc2SC(F)F)CCN1. The zero-order chi connectivity index (χ0) is 13.0. The van der Waals surface area contributed by atoms with Crippen LogP contribution in [-0.2, 0) is 0 Å². The first-order valence-corrected chi connectivity index (χ1v) is 7.11. The molecule has 1 unspecified atom stereocenters. The molecule has 5 heteroatoms. The fraction of sp³-hybridized carbons (Fsp3) is 0.538. The summed E-state index contributed by atoms with van der Waals surface area (Å²) in [6.45, 7) is 4.81. The highest BCUT2D eigenvalue weighted by Gasteiger charge is 2.21. The van der Waals surface area contributed by atoms with Crippen LogP contribution in [0.25, 0.3) is 0 Å². The van der Waals surface area contributed by atoms with Gasteiger partial charge in [-0.3, -0.25) is 0 Å². The van der Waals surface area contributed by atoms with Crippen LogP contribution >= 0.6 is 11.8 Å². The highest BCUT2D eigenvalue weighted by atomic mass is 32.2. The van der Waals surface area contributed by atoms with Crippen LogP contribution < -0.4 is 10.2 Å². The molecule has 2 rings (SSSR count). The molecule has 1 aliphatic rings. The first kappa shape index (κ1) is 13.6. The van der Waals surface area contributed by atoms with Gasteiger partial charge in [-0.1, -0.05) is 30.8 Å². The lowest BCUT2D eigenvalue weighted by atomic mass is 10.1. The Morgan fingerprint density at radius 3 is 2.94 bits per heavy atom. The molecule has 1 aromatic carbocycles. The second kappa shape index (κ2) is 6.38. The Labute approximate surface area is 111 Å². The van der Waals surface area contributed by atoms with Gasteiger partial charge in [0.1, 0.15) is 0 Å². The number of hydrogen-bond donors (Lipinski definition) is 1. The van der Waals surface area contributed by atoms with Gasteiger partial charge in [-0.15, -0.1) is 0 Å². The lowest BCUT2D eigenvalue weighted by molar-refractivity contribution is 0.252. The number of piperazine rings is 1. The number of anilines is 1. The maximum absolute atomic E-state index is 12.5. The smallest absolute Gasteiger partial charge is 0.288 e. The average Bonchev–Trinajstić information content (AvgIpc) is 2.39. The molecule has 1 N–H and O–H groups in total. The molecular formula is C13H18F2N2S. The van der Waals surface area contributed by atoms with E-state index in [1.54, 1.807) is 6.07 Å². The lowest BCUT2D eigenvalue weighted by Gasteiger charge is -2.35. The molecule has 0 spiro atoms. The summed E-state index contributed by atoms with van der Waals surface area (Å²) < 4.78 is 25.1. The number of benzene rings is 1. The number of nitrogens with zero attached hydrogens (tertiary/aromatic N) is 1. The van der Waals surface area contributed by atoms with Crippen LogP contribution in [0.3, 0.4) is 0 Å². The van der Waals surface area contributed by atoms with E-state index in [4.69, 9.17) is 0 Å². The van der Waals surface area contributed by atoms with Gasteiger partial charge in [0.2, 0.25) is 0 Å². The van der Waals surface area contributed by atoms with Crippen molar-refractivity contribution in [3.63, 3.8) is 0 Å². The number of rotatable bonds is 4. The Bertz CT molecular complexity index is 387. The van der Waals surface area contributed by atoms with E-state index in [1.807, 2.05) is 18.2 Å². The number of alkyl halides is 2. The second-order valence-corrected chi connectivity index (χ2v) is 5.38. The summed E-state index contributed by atoms with van der Waals surface area (Å²) >= 11 is 0.632. The minimum atomic E-state index is -2.36. The van der Waals surface area contributed by atoms with E-state index < -0.39 is 5.76 Å². The van der Waals surface area contributed by atoms with Gasteiger partial charge < -0.3 is 10.2 Å². The van der Waals surface area contributed by atoms with E-state index in [2.05, 4.69) is 17.1 Å². The second-order valence-electron chi connectivity index (χ2n) is 4.35. The van der Waals surface area contributed by atoms with Gasteiger partial charge in [0.25, 0.3) is 5.76 Å². The highest BCUT2D eigenvalue weighted by molar-refractivity contribution is 7.99. The third-order valence-electron chi connectivity index (χ3n) is 3.17. The van der Waals surface area contributed by atoms with Crippen molar-refractivity contribution in [3.05, 3.63) is 24.3 Å². The number of thioether (sulfide) groups is 1. The normalized spacial score (nSPS) is 20.4. The summed E-state index contributed by atoms with van der Waals surface area (Å²) in [5.74, 6) is -2.36. The molecule has 0 aliphatic carbocycles. The van der Waals surface area contributed by atoms with Crippen LogP contribution in [0.5, 0.6) is 0 Å². The van der Waals surface area contributed by atoms with Crippen LogP contribution in [0.1, 0.15) is 13.3 Å². The fourth-order valence-corrected chi connectivity index (χ4v) is 2.90. The third-order valence-corrected chi connectivity index (χ3v) is 3.95.